The fraction of sp³-hybridized carbons (Fsp3) is 0.0769. The van der Waals surface area contributed by atoms with E-state index in [1.165, 1.54) is 6.92 Å². The predicted molar refractivity (Wildman–Crippen MR) is 80.1 cm³/mol. The zero-order valence-electron chi connectivity index (χ0n) is 11.2. The monoisotopic (exact) mass is 339 g/mol. The van der Waals surface area contributed by atoms with Gasteiger partial charge in [0, 0.05) is 5.02 Å². The number of phenolic OH excluding ortho intramolecular Hbond substituents is 1. The van der Waals surface area contributed by atoms with Crippen LogP contribution in [0.4, 0.5) is 0 Å². The molecular weight excluding hydrogens is 330 g/mol. The van der Waals surface area contributed by atoms with E-state index in [0.29, 0.717) is 16.1 Å². The zero-order chi connectivity index (χ0) is 16.1. The van der Waals surface area contributed by atoms with E-state index < -0.39 is 10.1 Å². The molecule has 0 aliphatic carbocycles. The van der Waals surface area contributed by atoms with Gasteiger partial charge in [-0.15, -0.1) is 15.0 Å². The van der Waals surface area contributed by atoms with E-state index in [-0.39, 0.29) is 21.9 Å². The Morgan fingerprint density at radius 3 is 2.50 bits per heavy atom. The minimum atomic E-state index is -4.41. The summed E-state index contributed by atoms with van der Waals surface area (Å²) in [6, 6.07) is 7.14. The summed E-state index contributed by atoms with van der Waals surface area (Å²) >= 11 is 5.88. The second-order valence-corrected chi connectivity index (χ2v) is 6.56. The summed E-state index contributed by atoms with van der Waals surface area (Å²) in [6.45, 7) is 1.51. The molecule has 0 radical (unpaired) electrons. The number of benzene rings is 2. The van der Waals surface area contributed by atoms with Gasteiger partial charge >= 0.3 is 0 Å². The van der Waals surface area contributed by atoms with Gasteiger partial charge in [-0.05, 0) is 42.8 Å². The Bertz CT molecular complexity index is 998. The van der Waals surface area contributed by atoms with Crippen LogP contribution >= 0.6 is 11.6 Å². The normalized spacial score (nSPS) is 12.0. The van der Waals surface area contributed by atoms with Gasteiger partial charge in [-0.3, -0.25) is 4.55 Å². The number of rotatable bonds is 2. The number of aromatic hydroxyl groups is 1. The molecule has 0 saturated heterocycles. The van der Waals surface area contributed by atoms with Crippen molar-refractivity contribution < 1.29 is 18.1 Å². The van der Waals surface area contributed by atoms with E-state index in [1.807, 2.05) is 0 Å². The van der Waals surface area contributed by atoms with Crippen LogP contribution < -0.4 is 0 Å². The predicted octanol–water partition coefficient (Wildman–Crippen LogP) is 2.33. The fourth-order valence-corrected chi connectivity index (χ4v) is 2.78. The van der Waals surface area contributed by atoms with Gasteiger partial charge in [-0.1, -0.05) is 11.6 Å². The number of hydrogen-bond donors (Lipinski definition) is 2. The highest BCUT2D eigenvalue weighted by molar-refractivity contribution is 7.85. The number of nitrogens with zero attached hydrogens (tertiary/aromatic N) is 3. The average molecular weight is 340 g/mol. The van der Waals surface area contributed by atoms with E-state index >= 15 is 0 Å². The summed E-state index contributed by atoms with van der Waals surface area (Å²) in [5.41, 5.74) is 1.32. The van der Waals surface area contributed by atoms with Crippen molar-refractivity contribution in [3.05, 3.63) is 40.9 Å². The molecule has 7 nitrogen and oxygen atoms in total. The van der Waals surface area contributed by atoms with Gasteiger partial charge < -0.3 is 5.11 Å². The van der Waals surface area contributed by atoms with Crippen molar-refractivity contribution in [2.75, 3.05) is 0 Å². The maximum Gasteiger partial charge on any atom is 0.294 e. The Morgan fingerprint density at radius 2 is 1.82 bits per heavy atom. The van der Waals surface area contributed by atoms with Gasteiger partial charge in [0.2, 0.25) is 0 Å². The lowest BCUT2D eigenvalue weighted by atomic mass is 10.2. The molecule has 2 N–H and O–H groups in total. The minimum Gasteiger partial charge on any atom is -0.505 e. The van der Waals surface area contributed by atoms with Gasteiger partial charge in [0.15, 0.2) is 0 Å². The first-order chi connectivity index (χ1) is 10.3. The van der Waals surface area contributed by atoms with Crippen molar-refractivity contribution in [3.63, 3.8) is 0 Å². The number of phenols is 1. The van der Waals surface area contributed by atoms with Crippen LogP contribution in [0, 0.1) is 6.92 Å². The van der Waals surface area contributed by atoms with Gasteiger partial charge in [0.25, 0.3) is 10.1 Å². The van der Waals surface area contributed by atoms with Crippen LogP contribution in [0.15, 0.2) is 35.2 Å². The summed E-state index contributed by atoms with van der Waals surface area (Å²) in [4.78, 5) is 0.745. The lowest BCUT2D eigenvalue weighted by Gasteiger charge is -2.08. The summed E-state index contributed by atoms with van der Waals surface area (Å²) < 4.78 is 31.8. The Labute approximate surface area is 130 Å². The van der Waals surface area contributed by atoms with Crippen molar-refractivity contribution in [2.24, 2.45) is 0 Å². The molecule has 22 heavy (non-hydrogen) atoms. The van der Waals surface area contributed by atoms with Gasteiger partial charge in [0.1, 0.15) is 22.5 Å². The fourth-order valence-electron chi connectivity index (χ4n) is 2.03. The zero-order valence-corrected chi connectivity index (χ0v) is 12.8. The molecule has 3 rings (SSSR count). The lowest BCUT2D eigenvalue weighted by molar-refractivity contribution is 0.461. The van der Waals surface area contributed by atoms with Crippen LogP contribution in [0.3, 0.4) is 0 Å². The Morgan fingerprint density at radius 1 is 1.14 bits per heavy atom. The van der Waals surface area contributed by atoms with Gasteiger partial charge in [-0.25, -0.2) is 0 Å². The van der Waals surface area contributed by atoms with Crippen LogP contribution in [0.2, 0.25) is 5.02 Å². The molecule has 1 aromatic heterocycles. The Kier molecular flexibility index (Phi) is 3.32. The van der Waals surface area contributed by atoms with Crippen LogP contribution in [-0.4, -0.2) is 33.1 Å². The van der Waals surface area contributed by atoms with Gasteiger partial charge in [0.05, 0.1) is 4.90 Å². The highest BCUT2D eigenvalue weighted by Crippen LogP contribution is 2.29. The molecule has 0 atom stereocenters. The van der Waals surface area contributed by atoms with E-state index in [1.54, 1.807) is 18.2 Å². The molecule has 0 unspecified atom stereocenters. The van der Waals surface area contributed by atoms with Crippen LogP contribution in [0.1, 0.15) is 5.56 Å². The van der Waals surface area contributed by atoms with Gasteiger partial charge in [-0.2, -0.15) is 8.42 Å². The van der Waals surface area contributed by atoms with Crippen molar-refractivity contribution in [2.45, 2.75) is 11.8 Å². The number of fused-ring (bicyclic) bond motifs is 1. The first kappa shape index (κ1) is 14.8. The minimum absolute atomic E-state index is 0.0416. The molecule has 114 valence electrons. The molecule has 0 aliphatic heterocycles. The first-order valence-electron chi connectivity index (χ1n) is 6.10. The smallest absolute Gasteiger partial charge is 0.294 e. The highest BCUT2D eigenvalue weighted by atomic mass is 35.5. The summed E-state index contributed by atoms with van der Waals surface area (Å²) in [5.74, 6) is -0.182. The largest absolute Gasteiger partial charge is 0.505 e. The number of hydrogen-bond acceptors (Lipinski definition) is 5. The third-order valence-corrected chi connectivity index (χ3v) is 4.18. The maximum atomic E-state index is 11.3. The standard InChI is InChI=1S/C13H10ClN3O4S/c1-7-4-9(22(19,20)21)6-12(13(7)18)17-15-10-3-2-8(14)5-11(10)16-17/h2-6,18H,1H3,(H,19,20,21). The lowest BCUT2D eigenvalue weighted by Crippen LogP contribution is -2.04. The molecule has 9 heteroatoms. The summed E-state index contributed by atoms with van der Waals surface area (Å²) in [6.07, 6.45) is 0. The van der Waals surface area contributed by atoms with Crippen molar-refractivity contribution in [1.82, 2.24) is 15.0 Å². The molecule has 3 aromatic rings. The Hall–Kier alpha value is -2.16. The quantitative estimate of drug-likeness (QED) is 0.694. The van der Waals surface area contributed by atoms with E-state index in [2.05, 4.69) is 10.2 Å². The van der Waals surface area contributed by atoms with Crippen LogP contribution in [0.5, 0.6) is 5.75 Å². The molecule has 0 fully saturated rings. The molecule has 0 spiro atoms. The molecule has 0 amide bonds. The van der Waals surface area contributed by atoms with E-state index in [4.69, 9.17) is 11.6 Å². The van der Waals surface area contributed by atoms with Crippen LogP contribution in [-0.2, 0) is 10.1 Å². The average Bonchev–Trinajstić information content (AvgIpc) is 2.83. The maximum absolute atomic E-state index is 11.3. The molecular formula is C13H10ClN3O4S. The highest BCUT2D eigenvalue weighted by Gasteiger charge is 2.18. The van der Waals surface area contributed by atoms with E-state index in [0.717, 1.165) is 16.9 Å². The second kappa shape index (κ2) is 4.94. The van der Waals surface area contributed by atoms with Crippen LogP contribution in [0.25, 0.3) is 16.7 Å². The molecule has 0 bridgehead atoms. The van der Waals surface area contributed by atoms with Crippen molar-refractivity contribution in [3.8, 4) is 11.4 Å². The SMILES string of the molecule is Cc1cc(S(=O)(=O)O)cc(-n2nc3ccc(Cl)cc3n2)c1O. The van der Waals surface area contributed by atoms with Crippen molar-refractivity contribution in [1.29, 1.82) is 0 Å². The number of aromatic nitrogens is 3. The second-order valence-electron chi connectivity index (χ2n) is 4.71. The van der Waals surface area contributed by atoms with E-state index in [9.17, 15) is 18.1 Å². The molecule has 2 aromatic carbocycles. The number of halogens is 1. The summed E-state index contributed by atoms with van der Waals surface area (Å²) in [7, 11) is -4.41. The number of aryl methyl sites for hydroxylation is 1. The molecule has 0 saturated carbocycles. The van der Waals surface area contributed by atoms with Crippen molar-refractivity contribution >= 4 is 32.8 Å². The topological polar surface area (TPSA) is 105 Å². The third kappa shape index (κ3) is 2.52. The molecule has 1 heterocycles. The summed E-state index contributed by atoms with van der Waals surface area (Å²) in [5, 5.41) is 18.9. The third-order valence-electron chi connectivity index (χ3n) is 3.11. The first-order valence-corrected chi connectivity index (χ1v) is 7.91. The molecule has 0 aliphatic rings. The Balaban J connectivity index is 2.27.